The van der Waals surface area contributed by atoms with E-state index in [4.69, 9.17) is 10.5 Å². The lowest BCUT2D eigenvalue weighted by molar-refractivity contribution is -0.145. The number of anilines is 1. The fraction of sp³-hybridized carbons (Fsp3) is 0.583. The topological polar surface area (TPSA) is 144 Å². The van der Waals surface area contributed by atoms with Gasteiger partial charge in [0.2, 0.25) is 11.8 Å². The summed E-state index contributed by atoms with van der Waals surface area (Å²) in [5, 5.41) is 18.0. The Kier molecular flexibility index (Phi) is 6.04. The molecule has 0 spiro atoms. The van der Waals surface area contributed by atoms with Crippen molar-refractivity contribution in [2.24, 2.45) is 5.92 Å². The van der Waals surface area contributed by atoms with Gasteiger partial charge in [-0.05, 0) is 44.1 Å². The zero-order valence-corrected chi connectivity index (χ0v) is 20.1. The molecule has 1 saturated carbocycles. The summed E-state index contributed by atoms with van der Waals surface area (Å²) in [4.78, 5) is 41.0. The number of carbonyl (C=O) groups excluding carboxylic acids is 2. The minimum absolute atomic E-state index is 0.0161. The van der Waals surface area contributed by atoms with E-state index >= 15 is 0 Å². The summed E-state index contributed by atoms with van der Waals surface area (Å²) in [6, 6.07) is 0.121. The monoisotopic (exact) mass is 484 g/mol. The van der Waals surface area contributed by atoms with Crippen molar-refractivity contribution < 1.29 is 19.4 Å². The van der Waals surface area contributed by atoms with Crippen molar-refractivity contribution in [1.82, 2.24) is 24.4 Å². The third kappa shape index (κ3) is 4.29. The third-order valence-electron chi connectivity index (χ3n) is 6.88. The summed E-state index contributed by atoms with van der Waals surface area (Å²) in [5.41, 5.74) is 5.66. The average molecular weight is 485 g/mol. The smallest absolute Gasteiger partial charge is 0.291 e. The molecule has 1 aliphatic carbocycles. The van der Waals surface area contributed by atoms with Gasteiger partial charge in [-0.15, -0.1) is 5.10 Å². The van der Waals surface area contributed by atoms with Crippen molar-refractivity contribution in [2.75, 3.05) is 18.9 Å². The van der Waals surface area contributed by atoms with Crippen LogP contribution in [0.4, 0.5) is 5.82 Å². The Morgan fingerprint density at radius 1 is 1.23 bits per heavy atom. The van der Waals surface area contributed by atoms with E-state index in [1.54, 1.807) is 6.08 Å². The Bertz CT molecular complexity index is 1240. The number of amides is 2. The molecular formula is C24H32N6O5. The van der Waals surface area contributed by atoms with Crippen molar-refractivity contribution in [1.29, 1.82) is 0 Å². The van der Waals surface area contributed by atoms with Crippen LogP contribution in [0, 0.1) is 5.92 Å². The molecule has 2 aliphatic heterocycles. The van der Waals surface area contributed by atoms with Crippen molar-refractivity contribution in [3.05, 3.63) is 27.6 Å². The second kappa shape index (κ2) is 9.03. The Balaban J connectivity index is 1.57. The molecular weight excluding hydrogens is 452 g/mol. The number of nitrogens with one attached hydrogen (secondary N) is 1. The van der Waals surface area contributed by atoms with E-state index in [2.05, 4.69) is 10.4 Å². The van der Waals surface area contributed by atoms with Crippen LogP contribution in [-0.2, 0) is 16.1 Å². The fourth-order valence-corrected chi connectivity index (χ4v) is 5.09. The van der Waals surface area contributed by atoms with E-state index in [0.717, 1.165) is 36.6 Å². The molecule has 2 unspecified atom stereocenters. The molecule has 2 aromatic rings. The molecule has 11 nitrogen and oxygen atoms in total. The molecule has 2 atom stereocenters. The van der Waals surface area contributed by atoms with Gasteiger partial charge in [0, 0.05) is 18.7 Å². The van der Waals surface area contributed by atoms with Gasteiger partial charge in [0.1, 0.15) is 0 Å². The van der Waals surface area contributed by atoms with Crippen molar-refractivity contribution in [3.8, 4) is 5.88 Å². The predicted octanol–water partition coefficient (Wildman–Crippen LogP) is 1.13. The van der Waals surface area contributed by atoms with Crippen molar-refractivity contribution in [2.45, 2.75) is 70.6 Å². The fourth-order valence-electron chi connectivity index (χ4n) is 5.09. The summed E-state index contributed by atoms with van der Waals surface area (Å²) in [6.45, 7) is 5.28. The highest BCUT2D eigenvalue weighted by atomic mass is 16.5. The normalized spacial score (nSPS) is 22.3. The molecule has 0 aromatic carbocycles. The maximum atomic E-state index is 13.2. The predicted molar refractivity (Wildman–Crippen MR) is 129 cm³/mol. The van der Waals surface area contributed by atoms with Gasteiger partial charge in [0.05, 0.1) is 30.9 Å². The summed E-state index contributed by atoms with van der Waals surface area (Å²) >= 11 is 0. The average Bonchev–Trinajstić information content (AvgIpc) is 3.55. The number of nitrogen functional groups attached to an aromatic ring is 1. The zero-order valence-electron chi connectivity index (χ0n) is 20.1. The van der Waals surface area contributed by atoms with Crippen LogP contribution in [-0.4, -0.2) is 67.3 Å². The Morgan fingerprint density at radius 3 is 2.54 bits per heavy atom. The number of hydrogen-bond acceptors (Lipinski definition) is 7. The van der Waals surface area contributed by atoms with Crippen LogP contribution in [0.3, 0.4) is 0 Å². The second-order valence-electron chi connectivity index (χ2n) is 10.1. The van der Waals surface area contributed by atoms with Crippen LogP contribution < -0.4 is 16.6 Å². The highest BCUT2D eigenvalue weighted by molar-refractivity contribution is 5.97. The number of rotatable bonds is 6. The number of morpholine rings is 1. The summed E-state index contributed by atoms with van der Waals surface area (Å²) in [7, 11) is 0. The molecule has 2 amide bonds. The van der Waals surface area contributed by atoms with Crippen LogP contribution in [0.25, 0.3) is 11.7 Å². The maximum Gasteiger partial charge on any atom is 0.291 e. The Hall–Kier alpha value is -3.34. The van der Waals surface area contributed by atoms with Crippen LogP contribution in [0.5, 0.6) is 5.88 Å². The van der Waals surface area contributed by atoms with Crippen LogP contribution in [0.1, 0.15) is 61.9 Å². The van der Waals surface area contributed by atoms with E-state index in [9.17, 15) is 19.5 Å². The van der Waals surface area contributed by atoms with E-state index < -0.39 is 17.3 Å². The van der Waals surface area contributed by atoms with E-state index in [0.29, 0.717) is 25.3 Å². The number of nitrogens with two attached hydrogens (primary N) is 1. The Labute approximate surface area is 202 Å². The summed E-state index contributed by atoms with van der Waals surface area (Å²) in [5.74, 6) is -1.10. The molecule has 0 radical (unpaired) electrons. The number of piperidine rings is 1. The number of fused-ring (bicyclic) bond motifs is 3. The third-order valence-corrected chi connectivity index (χ3v) is 6.88. The zero-order chi connectivity index (χ0) is 24.9. The lowest BCUT2D eigenvalue weighted by atomic mass is 9.94. The van der Waals surface area contributed by atoms with Gasteiger partial charge in [0.25, 0.3) is 11.5 Å². The number of hydrogen-bond donors (Lipinski definition) is 3. The summed E-state index contributed by atoms with van der Waals surface area (Å²) in [6.07, 6.45) is 7.56. The molecule has 35 heavy (non-hydrogen) atoms. The minimum atomic E-state index is -0.754. The quantitative estimate of drug-likeness (QED) is 0.521. The lowest BCUT2D eigenvalue weighted by Gasteiger charge is -2.45. The first-order chi connectivity index (χ1) is 16.8. The lowest BCUT2D eigenvalue weighted by Crippen LogP contribution is -2.56. The van der Waals surface area contributed by atoms with Gasteiger partial charge in [0.15, 0.2) is 17.0 Å². The second-order valence-corrected chi connectivity index (χ2v) is 10.1. The molecule has 4 heterocycles. The van der Waals surface area contributed by atoms with Crippen LogP contribution in [0.2, 0.25) is 0 Å². The first kappa shape index (κ1) is 23.4. The van der Waals surface area contributed by atoms with E-state index in [1.807, 2.05) is 18.7 Å². The van der Waals surface area contributed by atoms with Crippen LogP contribution in [0.15, 0.2) is 10.9 Å². The number of aromatic hydroxyl groups is 1. The first-order valence-corrected chi connectivity index (χ1v) is 12.3. The molecule has 188 valence electrons. The molecule has 3 aliphatic rings. The highest BCUT2D eigenvalue weighted by Gasteiger charge is 2.37. The van der Waals surface area contributed by atoms with Gasteiger partial charge < -0.3 is 25.8 Å². The SMILES string of the molecule is CC(C)Cn1c(O)c(C(=O)NC2CC2)c(=O)n2nc(N)c(/C=C/C(=O)N3C4CCCC3COC4)c12. The molecule has 2 saturated heterocycles. The van der Waals surface area contributed by atoms with Crippen LogP contribution >= 0.6 is 0 Å². The first-order valence-electron chi connectivity index (χ1n) is 12.3. The summed E-state index contributed by atoms with van der Waals surface area (Å²) < 4.78 is 8.16. The number of nitrogens with zero attached hydrogens (tertiary/aromatic N) is 4. The van der Waals surface area contributed by atoms with Gasteiger partial charge in [-0.2, -0.15) is 4.52 Å². The number of aromatic nitrogens is 3. The van der Waals surface area contributed by atoms with Gasteiger partial charge in [-0.1, -0.05) is 13.8 Å². The molecule has 5 rings (SSSR count). The van der Waals surface area contributed by atoms with Crippen molar-refractivity contribution in [3.63, 3.8) is 0 Å². The minimum Gasteiger partial charge on any atom is -0.494 e. The molecule has 4 N–H and O–H groups in total. The highest BCUT2D eigenvalue weighted by Crippen LogP contribution is 2.29. The molecule has 3 fully saturated rings. The molecule has 2 bridgehead atoms. The molecule has 2 aromatic heterocycles. The maximum absolute atomic E-state index is 13.2. The molecule has 11 heteroatoms. The largest absolute Gasteiger partial charge is 0.494 e. The Morgan fingerprint density at radius 2 is 1.91 bits per heavy atom. The van der Waals surface area contributed by atoms with Gasteiger partial charge in [-0.25, -0.2) is 0 Å². The van der Waals surface area contributed by atoms with Gasteiger partial charge >= 0.3 is 0 Å². The number of carbonyl (C=O) groups is 2. The van der Waals surface area contributed by atoms with E-state index in [-0.39, 0.29) is 47.0 Å². The van der Waals surface area contributed by atoms with E-state index in [1.165, 1.54) is 10.6 Å². The van der Waals surface area contributed by atoms with Crippen molar-refractivity contribution >= 4 is 29.4 Å². The number of ether oxygens (including phenoxy) is 1. The van der Waals surface area contributed by atoms with Gasteiger partial charge in [-0.3, -0.25) is 19.0 Å². The standard InChI is InChI=1S/C24H32N6O5/c1-13(2)10-28-22-17(8-9-18(31)29-15-4-3-5-16(29)12-35-11-15)20(25)27-30(22)24(34)19(23(28)33)21(32)26-14-6-7-14/h8-9,13-16,33H,3-7,10-12H2,1-2H3,(H2,25,27)(H,26,32)/b9-8+.